The van der Waals surface area contributed by atoms with E-state index in [1.54, 1.807) is 11.3 Å². The van der Waals surface area contributed by atoms with Crippen LogP contribution in [0, 0.1) is 6.07 Å². The number of benzene rings is 6. The number of nitrogens with zero attached hydrogens (tertiary/aromatic N) is 2. The van der Waals surface area contributed by atoms with Crippen molar-refractivity contribution in [3.05, 3.63) is 175 Å². The molecule has 6 aromatic carbocycles. The molecule has 8 aromatic rings. The molecule has 3 nitrogen and oxygen atoms in total. The van der Waals surface area contributed by atoms with Gasteiger partial charge in [0.2, 0.25) is 0 Å². The normalized spacial score (nSPS) is 10.9. The molecule has 8 rings (SSSR count). The number of thiazole rings is 1. The van der Waals surface area contributed by atoms with Crippen LogP contribution in [0.15, 0.2) is 158 Å². The van der Waals surface area contributed by atoms with Crippen LogP contribution in [0.4, 0.5) is 0 Å². The first-order valence-corrected chi connectivity index (χ1v) is 16.4. The Balaban J connectivity index is 0.00000364. The molecule has 0 saturated heterocycles. The van der Waals surface area contributed by atoms with E-state index in [0.29, 0.717) is 6.42 Å². The number of rotatable bonds is 7. The molecule has 0 unspecified atom stereocenters. The Labute approximate surface area is 298 Å². The van der Waals surface area contributed by atoms with E-state index in [2.05, 4.69) is 102 Å². The summed E-state index contributed by atoms with van der Waals surface area (Å²) >= 11 is 1.60. The van der Waals surface area contributed by atoms with Gasteiger partial charge in [0.05, 0.1) is 11.1 Å². The first kappa shape index (κ1) is 31.4. The first-order valence-electron chi connectivity index (χ1n) is 15.6. The van der Waals surface area contributed by atoms with Gasteiger partial charge in [-0.3, -0.25) is 4.98 Å². The maximum atomic E-state index is 11.7. The molecule has 0 atom stereocenters. The van der Waals surface area contributed by atoms with Gasteiger partial charge in [-0.2, -0.15) is 0 Å². The van der Waals surface area contributed by atoms with E-state index in [0.717, 1.165) is 76.6 Å². The summed E-state index contributed by atoms with van der Waals surface area (Å²) in [5, 5.41) is 12.5. The molecule has 48 heavy (non-hydrogen) atoms. The van der Waals surface area contributed by atoms with Gasteiger partial charge in [0.15, 0.2) is 0 Å². The van der Waals surface area contributed by atoms with Crippen LogP contribution in [-0.4, -0.2) is 15.1 Å². The number of pyridine rings is 1. The fourth-order valence-electron chi connectivity index (χ4n) is 6.05. The quantitative estimate of drug-likeness (QED) is 0.163. The summed E-state index contributed by atoms with van der Waals surface area (Å²) in [6.45, 7) is 0. The molecule has 1 N–H and O–H groups in total. The Morgan fingerprint density at radius 3 is 2.00 bits per heavy atom. The van der Waals surface area contributed by atoms with Crippen LogP contribution >= 0.6 is 11.3 Å². The van der Waals surface area contributed by atoms with Crippen molar-refractivity contribution >= 4 is 21.6 Å². The summed E-state index contributed by atoms with van der Waals surface area (Å²) in [4.78, 5) is 9.87. The van der Waals surface area contributed by atoms with Crippen LogP contribution in [0.25, 0.3) is 65.4 Å². The minimum Gasteiger partial charge on any atom is -0.507 e. The summed E-state index contributed by atoms with van der Waals surface area (Å²) in [5.74, 6) is 0.270. The fourth-order valence-corrected chi connectivity index (χ4v) is 7.06. The molecule has 0 aliphatic carbocycles. The summed E-state index contributed by atoms with van der Waals surface area (Å²) in [6, 6.07) is 55.3. The molecular formula is C43H29N2OPtS-. The predicted molar refractivity (Wildman–Crippen MR) is 194 cm³/mol. The molecule has 0 spiro atoms. The van der Waals surface area contributed by atoms with Crippen LogP contribution in [0.3, 0.4) is 0 Å². The van der Waals surface area contributed by atoms with Gasteiger partial charge in [0.25, 0.3) is 0 Å². The van der Waals surface area contributed by atoms with Crippen molar-refractivity contribution < 1.29 is 26.2 Å². The number of phenols is 1. The van der Waals surface area contributed by atoms with Crippen molar-refractivity contribution in [1.82, 2.24) is 9.97 Å². The molecule has 234 valence electrons. The average molecular weight is 817 g/mol. The van der Waals surface area contributed by atoms with Crippen molar-refractivity contribution in [3.8, 4) is 61.0 Å². The largest absolute Gasteiger partial charge is 0.507 e. The third-order valence-corrected chi connectivity index (χ3v) is 9.46. The monoisotopic (exact) mass is 816 g/mol. The van der Waals surface area contributed by atoms with E-state index in [-0.39, 0.29) is 26.8 Å². The second kappa shape index (κ2) is 13.9. The van der Waals surface area contributed by atoms with Gasteiger partial charge in [-0.1, -0.05) is 120 Å². The number of phenolic OH excluding ortho intramolecular Hbond substituents is 1. The Kier molecular flexibility index (Phi) is 9.11. The number of aromatic hydroxyl groups is 1. The molecule has 0 bridgehead atoms. The van der Waals surface area contributed by atoms with Gasteiger partial charge in [-0.05, 0) is 57.6 Å². The topological polar surface area (TPSA) is 46.0 Å². The van der Waals surface area contributed by atoms with Crippen molar-refractivity contribution in [2.24, 2.45) is 0 Å². The van der Waals surface area contributed by atoms with Crippen LogP contribution in [0.5, 0.6) is 5.75 Å². The van der Waals surface area contributed by atoms with E-state index in [4.69, 9.17) is 4.98 Å². The molecule has 0 aliphatic heterocycles. The molecule has 0 fully saturated rings. The number of hydrogen-bond donors (Lipinski definition) is 1. The number of fused-ring (bicyclic) bond motifs is 1. The second-order valence-corrected chi connectivity index (χ2v) is 12.5. The molecule has 2 aromatic heterocycles. The zero-order valence-corrected chi connectivity index (χ0v) is 28.9. The molecule has 0 radical (unpaired) electrons. The summed E-state index contributed by atoms with van der Waals surface area (Å²) in [7, 11) is 0. The van der Waals surface area contributed by atoms with Gasteiger partial charge in [0, 0.05) is 44.1 Å². The number of hydrogen-bond acceptors (Lipinski definition) is 4. The molecule has 0 aliphatic rings. The SMILES string of the molecule is Oc1c(Cc2ccccc2)cc(-c2ccccc2)cc1-c1nc2c(-c3[c-]c(-c4cc(-c5ccccc5)ccn4)ccc3)cccc2s1.[Pt]. The zero-order chi connectivity index (χ0) is 31.6. The third kappa shape index (κ3) is 6.38. The third-order valence-electron chi connectivity index (χ3n) is 8.41. The fraction of sp³-hybridized carbons (Fsp3) is 0.0233. The van der Waals surface area contributed by atoms with Gasteiger partial charge in [-0.25, -0.2) is 4.98 Å². The van der Waals surface area contributed by atoms with E-state index in [9.17, 15) is 5.11 Å². The van der Waals surface area contributed by atoms with E-state index >= 15 is 0 Å². The maximum Gasteiger partial charge on any atom is 0.129 e. The van der Waals surface area contributed by atoms with Crippen molar-refractivity contribution in [3.63, 3.8) is 0 Å². The predicted octanol–water partition coefficient (Wildman–Crippen LogP) is 11.1. The minimum atomic E-state index is 0. The maximum absolute atomic E-state index is 11.7. The molecule has 0 amide bonds. The Morgan fingerprint density at radius 1 is 0.583 bits per heavy atom. The van der Waals surface area contributed by atoms with Gasteiger partial charge in [0.1, 0.15) is 10.8 Å². The smallest absolute Gasteiger partial charge is 0.129 e. The number of para-hydroxylation sites is 1. The summed E-state index contributed by atoms with van der Waals surface area (Å²) in [6.07, 6.45) is 2.48. The van der Waals surface area contributed by atoms with E-state index in [1.807, 2.05) is 66.9 Å². The molecule has 0 saturated carbocycles. The van der Waals surface area contributed by atoms with Crippen molar-refractivity contribution in [2.45, 2.75) is 6.42 Å². The Morgan fingerprint density at radius 2 is 1.25 bits per heavy atom. The van der Waals surface area contributed by atoms with Crippen LogP contribution < -0.4 is 0 Å². The average Bonchev–Trinajstić information content (AvgIpc) is 3.58. The van der Waals surface area contributed by atoms with Crippen molar-refractivity contribution in [2.75, 3.05) is 0 Å². The van der Waals surface area contributed by atoms with Crippen LogP contribution in [0.2, 0.25) is 0 Å². The zero-order valence-electron chi connectivity index (χ0n) is 25.8. The number of aromatic nitrogens is 2. The Bertz CT molecular complexity index is 2340. The Hall–Kier alpha value is -5.15. The second-order valence-electron chi connectivity index (χ2n) is 11.5. The molecular weight excluding hydrogens is 788 g/mol. The van der Waals surface area contributed by atoms with Crippen molar-refractivity contribution in [1.29, 1.82) is 0 Å². The van der Waals surface area contributed by atoms with Gasteiger partial charge >= 0.3 is 0 Å². The first-order chi connectivity index (χ1) is 23.2. The van der Waals surface area contributed by atoms with Crippen LogP contribution in [0.1, 0.15) is 11.1 Å². The summed E-state index contributed by atoms with van der Waals surface area (Å²) in [5.41, 5.74) is 11.8. The standard InChI is InChI=1S/C43H29N2OS.Pt/c46-42-36(24-29-12-4-1-5-13-29)26-35(31-16-8-3-9-17-31)27-38(42)43-45-41-37(20-11-21-40(41)47-43)33-18-10-19-34(25-33)39-28-32(22-23-44-39)30-14-6-2-7-15-30;/h1-23,26-28,46H,24H2;/q-1;. The summed E-state index contributed by atoms with van der Waals surface area (Å²) < 4.78 is 1.05. The minimum absolute atomic E-state index is 0. The van der Waals surface area contributed by atoms with Gasteiger partial charge in [-0.15, -0.1) is 41.2 Å². The van der Waals surface area contributed by atoms with Gasteiger partial charge < -0.3 is 5.11 Å². The van der Waals surface area contributed by atoms with E-state index < -0.39 is 0 Å². The van der Waals surface area contributed by atoms with E-state index in [1.165, 1.54) is 0 Å². The molecule has 5 heteroatoms. The molecule has 2 heterocycles. The van der Waals surface area contributed by atoms with Crippen LogP contribution in [-0.2, 0) is 27.5 Å².